The Morgan fingerprint density at radius 3 is 3.07 bits per heavy atom. The van der Waals surface area contributed by atoms with Crippen molar-refractivity contribution in [3.63, 3.8) is 0 Å². The first-order valence-corrected chi connectivity index (χ1v) is 5.87. The first-order chi connectivity index (χ1) is 7.20. The van der Waals surface area contributed by atoms with Gasteiger partial charge in [-0.15, -0.1) is 11.3 Å². The molecule has 1 unspecified atom stereocenters. The predicted octanol–water partition coefficient (Wildman–Crippen LogP) is 1.99. The number of thiazole rings is 1. The van der Waals surface area contributed by atoms with Crippen molar-refractivity contribution in [2.45, 2.75) is 31.8 Å². The largest absolute Gasteiger partial charge is 0.372 e. The third-order valence-electron chi connectivity index (χ3n) is 2.47. The fraction of sp³-hybridized carbons (Fsp3) is 0.600. The van der Waals surface area contributed by atoms with Gasteiger partial charge in [0, 0.05) is 18.4 Å². The topological polar surface area (TPSA) is 51.2 Å². The molecule has 0 saturated heterocycles. The second-order valence-corrected chi connectivity index (χ2v) is 4.58. The Bertz CT molecular complexity index is 360. The monoisotopic (exact) mass is 226 g/mol. The molecule has 1 saturated carbocycles. The van der Waals surface area contributed by atoms with Crippen molar-refractivity contribution in [1.82, 2.24) is 4.98 Å². The third kappa shape index (κ3) is 2.54. The van der Waals surface area contributed by atoms with Gasteiger partial charge in [0.05, 0.1) is 5.69 Å². The minimum atomic E-state index is -0.432. The van der Waals surface area contributed by atoms with Crippen LogP contribution in [0.3, 0.4) is 0 Å². The van der Waals surface area contributed by atoms with E-state index in [1.165, 1.54) is 31.3 Å². The smallest absolute Gasteiger partial charge is 0.254 e. The lowest BCUT2D eigenvalue weighted by molar-refractivity contribution is -0.124. The van der Waals surface area contributed by atoms with Crippen LogP contribution in [-0.2, 0) is 9.53 Å². The Hall–Kier alpha value is -0.940. The molecule has 1 aliphatic rings. The number of methoxy groups -OCH3 is 1. The van der Waals surface area contributed by atoms with E-state index in [9.17, 15) is 4.79 Å². The zero-order valence-electron chi connectivity index (χ0n) is 8.82. The van der Waals surface area contributed by atoms with Crippen molar-refractivity contribution in [1.29, 1.82) is 0 Å². The molecule has 1 N–H and O–H groups in total. The standard InChI is InChI=1S/C10H14N2O2S/c1-6(14-2)9(13)12-10-11-8(5-15-10)7-3-4-7/h5-7H,3-4H2,1-2H3,(H,11,12,13). The second kappa shape index (κ2) is 4.28. The van der Waals surface area contributed by atoms with Crippen LogP contribution in [0.1, 0.15) is 31.4 Å². The number of aromatic nitrogens is 1. The van der Waals surface area contributed by atoms with Crippen molar-refractivity contribution in [2.24, 2.45) is 0 Å². The van der Waals surface area contributed by atoms with Crippen LogP contribution in [0.2, 0.25) is 0 Å². The number of rotatable bonds is 4. The molecule has 0 aromatic carbocycles. The number of amides is 1. The van der Waals surface area contributed by atoms with E-state index in [1.807, 2.05) is 5.38 Å². The van der Waals surface area contributed by atoms with E-state index in [4.69, 9.17) is 4.74 Å². The number of ether oxygens (including phenoxy) is 1. The molecule has 4 nitrogen and oxygen atoms in total. The van der Waals surface area contributed by atoms with Gasteiger partial charge in [0.1, 0.15) is 6.10 Å². The Labute approximate surface area is 92.7 Å². The summed E-state index contributed by atoms with van der Waals surface area (Å²) < 4.78 is 4.92. The molecule has 1 aromatic rings. The van der Waals surface area contributed by atoms with E-state index in [0.29, 0.717) is 11.0 Å². The van der Waals surface area contributed by atoms with Crippen LogP contribution in [0, 0.1) is 0 Å². The Morgan fingerprint density at radius 2 is 2.47 bits per heavy atom. The van der Waals surface area contributed by atoms with Crippen molar-refractivity contribution in [2.75, 3.05) is 12.4 Å². The molecule has 5 heteroatoms. The highest BCUT2D eigenvalue weighted by Gasteiger charge is 2.26. The van der Waals surface area contributed by atoms with Crippen molar-refractivity contribution in [3.8, 4) is 0 Å². The number of hydrogen-bond donors (Lipinski definition) is 1. The second-order valence-electron chi connectivity index (χ2n) is 3.72. The van der Waals surface area contributed by atoms with Crippen LogP contribution in [0.15, 0.2) is 5.38 Å². The van der Waals surface area contributed by atoms with Crippen LogP contribution in [0.4, 0.5) is 5.13 Å². The molecule has 82 valence electrons. The quantitative estimate of drug-likeness (QED) is 0.854. The fourth-order valence-corrected chi connectivity index (χ4v) is 2.02. The van der Waals surface area contributed by atoms with Gasteiger partial charge < -0.3 is 4.74 Å². The van der Waals surface area contributed by atoms with Gasteiger partial charge in [-0.2, -0.15) is 0 Å². The zero-order valence-corrected chi connectivity index (χ0v) is 9.63. The average molecular weight is 226 g/mol. The zero-order chi connectivity index (χ0) is 10.8. The normalized spacial score (nSPS) is 17.5. The molecule has 1 heterocycles. The van der Waals surface area contributed by atoms with Crippen LogP contribution in [0.5, 0.6) is 0 Å². The molecular formula is C10H14N2O2S. The SMILES string of the molecule is COC(C)C(=O)Nc1nc(C2CC2)cs1. The van der Waals surface area contributed by atoms with E-state index in [1.54, 1.807) is 6.92 Å². The number of nitrogens with one attached hydrogen (secondary N) is 1. The molecule has 1 amide bonds. The highest BCUT2D eigenvalue weighted by atomic mass is 32.1. The summed E-state index contributed by atoms with van der Waals surface area (Å²) >= 11 is 1.48. The van der Waals surface area contributed by atoms with E-state index >= 15 is 0 Å². The van der Waals surface area contributed by atoms with Crippen LogP contribution in [-0.4, -0.2) is 24.1 Å². The number of nitrogens with zero attached hydrogens (tertiary/aromatic N) is 1. The Morgan fingerprint density at radius 1 is 1.73 bits per heavy atom. The Kier molecular flexibility index (Phi) is 3.02. The maximum absolute atomic E-state index is 11.5. The van der Waals surface area contributed by atoms with Gasteiger partial charge in [-0.05, 0) is 19.8 Å². The van der Waals surface area contributed by atoms with Gasteiger partial charge in [-0.1, -0.05) is 0 Å². The van der Waals surface area contributed by atoms with Crippen LogP contribution < -0.4 is 5.32 Å². The molecule has 0 spiro atoms. The van der Waals surface area contributed by atoms with E-state index in [2.05, 4.69) is 10.3 Å². The van der Waals surface area contributed by atoms with Gasteiger partial charge in [-0.3, -0.25) is 10.1 Å². The lowest BCUT2D eigenvalue weighted by Gasteiger charge is -2.07. The summed E-state index contributed by atoms with van der Waals surface area (Å²) in [5.41, 5.74) is 1.11. The highest BCUT2D eigenvalue weighted by Crippen LogP contribution is 2.40. The molecule has 1 aliphatic carbocycles. The molecule has 0 bridgehead atoms. The minimum absolute atomic E-state index is 0.144. The first kappa shape index (κ1) is 10.6. The maximum atomic E-state index is 11.5. The summed E-state index contributed by atoms with van der Waals surface area (Å²) in [6.07, 6.45) is 2.02. The number of anilines is 1. The summed E-state index contributed by atoms with van der Waals surface area (Å²) in [7, 11) is 1.52. The van der Waals surface area contributed by atoms with Crippen molar-refractivity contribution >= 4 is 22.4 Å². The molecule has 1 fully saturated rings. The minimum Gasteiger partial charge on any atom is -0.372 e. The van der Waals surface area contributed by atoms with Crippen molar-refractivity contribution in [3.05, 3.63) is 11.1 Å². The van der Waals surface area contributed by atoms with Crippen LogP contribution >= 0.6 is 11.3 Å². The molecule has 0 aliphatic heterocycles. The van der Waals surface area contributed by atoms with E-state index in [0.717, 1.165) is 5.69 Å². The summed E-state index contributed by atoms with van der Waals surface area (Å²) in [5, 5.41) is 5.43. The van der Waals surface area contributed by atoms with Gasteiger partial charge in [0.15, 0.2) is 5.13 Å². The molecule has 0 radical (unpaired) electrons. The molecule has 1 aromatic heterocycles. The Balaban J connectivity index is 1.95. The first-order valence-electron chi connectivity index (χ1n) is 4.99. The lowest BCUT2D eigenvalue weighted by atomic mass is 10.3. The predicted molar refractivity (Wildman–Crippen MR) is 59.2 cm³/mol. The number of carbonyl (C=O) groups is 1. The van der Waals surface area contributed by atoms with E-state index in [-0.39, 0.29) is 5.91 Å². The molecular weight excluding hydrogens is 212 g/mol. The average Bonchev–Trinajstić information content (AvgIpc) is 2.99. The van der Waals surface area contributed by atoms with Gasteiger partial charge in [0.25, 0.3) is 5.91 Å². The van der Waals surface area contributed by atoms with Crippen molar-refractivity contribution < 1.29 is 9.53 Å². The lowest BCUT2D eigenvalue weighted by Crippen LogP contribution is -2.26. The summed E-state index contributed by atoms with van der Waals surface area (Å²) in [5.74, 6) is 0.487. The third-order valence-corrected chi connectivity index (χ3v) is 3.25. The summed E-state index contributed by atoms with van der Waals surface area (Å²) in [6.45, 7) is 1.71. The van der Waals surface area contributed by atoms with Gasteiger partial charge in [-0.25, -0.2) is 4.98 Å². The summed E-state index contributed by atoms with van der Waals surface area (Å²) in [6, 6.07) is 0. The molecule has 1 atom stereocenters. The maximum Gasteiger partial charge on any atom is 0.254 e. The molecule has 15 heavy (non-hydrogen) atoms. The van der Waals surface area contributed by atoms with Gasteiger partial charge in [0.2, 0.25) is 0 Å². The number of carbonyl (C=O) groups excluding carboxylic acids is 1. The molecule has 2 rings (SSSR count). The highest BCUT2D eigenvalue weighted by molar-refractivity contribution is 7.13. The van der Waals surface area contributed by atoms with Crippen LogP contribution in [0.25, 0.3) is 0 Å². The summed E-state index contributed by atoms with van der Waals surface area (Å²) in [4.78, 5) is 15.8. The van der Waals surface area contributed by atoms with Gasteiger partial charge >= 0.3 is 0 Å². The fourth-order valence-electron chi connectivity index (χ4n) is 1.22. The number of hydrogen-bond acceptors (Lipinski definition) is 4. The van der Waals surface area contributed by atoms with E-state index < -0.39 is 6.10 Å².